The second kappa shape index (κ2) is 11.4. The number of nitrogens with one attached hydrogen (secondary N) is 1. The standard InChI is InChI=1S/C25H30BrNO6S/c1-6-34-10-9-33-25(30)20-14(3)27-17-11-13(2)19(24(29)32-5)23(28)22(17)21(20)15-7-8-18(31-4)16(26)12-15/h7-8,12-13,19,21,27H,6,9-11H2,1-5H3/t13-,19-,21-/m1/s1. The highest BCUT2D eigenvalue weighted by molar-refractivity contribution is 9.10. The van der Waals surface area contributed by atoms with Crippen molar-refractivity contribution in [2.24, 2.45) is 11.8 Å². The van der Waals surface area contributed by atoms with Crippen molar-refractivity contribution < 1.29 is 28.6 Å². The summed E-state index contributed by atoms with van der Waals surface area (Å²) >= 11 is 5.20. The number of carbonyl (C=O) groups is 3. The van der Waals surface area contributed by atoms with E-state index in [2.05, 4.69) is 21.2 Å². The number of carbonyl (C=O) groups excluding carboxylic acids is 3. The van der Waals surface area contributed by atoms with Crippen LogP contribution in [0.15, 0.2) is 45.2 Å². The summed E-state index contributed by atoms with van der Waals surface area (Å²) in [5.74, 6) is -0.965. The van der Waals surface area contributed by atoms with Gasteiger partial charge in [-0.15, -0.1) is 0 Å². The molecule has 0 aromatic heterocycles. The van der Waals surface area contributed by atoms with Crippen LogP contribution in [-0.4, -0.2) is 50.1 Å². The molecule has 1 N–H and O–H groups in total. The number of hydrogen-bond donors (Lipinski definition) is 1. The van der Waals surface area contributed by atoms with Crippen molar-refractivity contribution in [2.75, 3.05) is 32.3 Å². The predicted octanol–water partition coefficient (Wildman–Crippen LogP) is 4.37. The lowest BCUT2D eigenvalue weighted by Gasteiger charge is -2.38. The highest BCUT2D eigenvalue weighted by Crippen LogP contribution is 2.46. The Hall–Kier alpha value is -2.26. The van der Waals surface area contributed by atoms with Gasteiger partial charge in [-0.25, -0.2) is 4.79 Å². The van der Waals surface area contributed by atoms with Gasteiger partial charge in [0.05, 0.1) is 24.3 Å². The van der Waals surface area contributed by atoms with Crippen molar-refractivity contribution in [1.29, 1.82) is 0 Å². The van der Waals surface area contributed by atoms with Gasteiger partial charge in [0.2, 0.25) is 0 Å². The molecule has 1 aromatic carbocycles. The van der Waals surface area contributed by atoms with Gasteiger partial charge in [-0.05, 0) is 58.6 Å². The smallest absolute Gasteiger partial charge is 0.336 e. The number of halogens is 1. The van der Waals surface area contributed by atoms with Crippen molar-refractivity contribution in [2.45, 2.75) is 33.1 Å². The molecule has 0 saturated heterocycles. The van der Waals surface area contributed by atoms with Gasteiger partial charge < -0.3 is 19.5 Å². The third-order valence-corrected chi connectivity index (χ3v) is 7.62. The maximum atomic E-state index is 13.7. The number of Topliss-reactive ketones (excluding diaryl/α,β-unsaturated/α-hetero) is 1. The average Bonchev–Trinajstić information content (AvgIpc) is 2.80. The average molecular weight is 552 g/mol. The Morgan fingerprint density at radius 1 is 1.26 bits per heavy atom. The normalized spacial score (nSPS) is 22.2. The zero-order valence-electron chi connectivity index (χ0n) is 20.0. The van der Waals surface area contributed by atoms with Gasteiger partial charge in [0, 0.05) is 28.6 Å². The van der Waals surface area contributed by atoms with Crippen LogP contribution in [0.5, 0.6) is 5.75 Å². The zero-order chi connectivity index (χ0) is 25.0. The van der Waals surface area contributed by atoms with Crippen molar-refractivity contribution in [1.82, 2.24) is 5.32 Å². The summed E-state index contributed by atoms with van der Waals surface area (Å²) in [5.41, 5.74) is 2.86. The van der Waals surface area contributed by atoms with Gasteiger partial charge in [-0.3, -0.25) is 9.59 Å². The zero-order valence-corrected chi connectivity index (χ0v) is 22.4. The number of ketones is 1. The number of ether oxygens (including phenoxy) is 3. The molecule has 1 aliphatic carbocycles. The fraction of sp³-hybridized carbons (Fsp3) is 0.480. The number of benzene rings is 1. The highest BCUT2D eigenvalue weighted by Gasteiger charge is 2.47. The van der Waals surface area contributed by atoms with E-state index < -0.39 is 23.8 Å². The predicted molar refractivity (Wildman–Crippen MR) is 135 cm³/mol. The lowest BCUT2D eigenvalue weighted by atomic mass is 9.69. The number of thioether (sulfide) groups is 1. The summed E-state index contributed by atoms with van der Waals surface area (Å²) < 4.78 is 16.6. The molecular weight excluding hydrogens is 522 g/mol. The molecule has 3 atom stereocenters. The first-order chi connectivity index (χ1) is 16.2. The third kappa shape index (κ3) is 5.20. The molecular formula is C25H30BrNO6S. The van der Waals surface area contributed by atoms with E-state index in [1.54, 1.807) is 24.9 Å². The summed E-state index contributed by atoms with van der Waals surface area (Å²) in [4.78, 5) is 39.5. The van der Waals surface area contributed by atoms with Crippen LogP contribution >= 0.6 is 27.7 Å². The van der Waals surface area contributed by atoms with Crippen LogP contribution in [0.3, 0.4) is 0 Å². The Balaban J connectivity index is 2.11. The van der Waals surface area contributed by atoms with Crippen LogP contribution in [0.4, 0.5) is 0 Å². The first kappa shape index (κ1) is 26.3. The second-order valence-electron chi connectivity index (χ2n) is 8.26. The Kier molecular flexibility index (Phi) is 8.87. The Labute approximate surface area is 212 Å². The first-order valence-electron chi connectivity index (χ1n) is 11.2. The molecule has 0 amide bonds. The number of esters is 2. The maximum Gasteiger partial charge on any atom is 0.336 e. The number of dihydropyridines is 1. The molecule has 7 nitrogen and oxygen atoms in total. The van der Waals surface area contributed by atoms with E-state index in [0.717, 1.165) is 17.0 Å². The van der Waals surface area contributed by atoms with Crippen LogP contribution in [0.25, 0.3) is 0 Å². The minimum Gasteiger partial charge on any atom is -0.496 e. The molecule has 0 unspecified atom stereocenters. The van der Waals surface area contributed by atoms with E-state index in [1.165, 1.54) is 7.11 Å². The van der Waals surface area contributed by atoms with Crippen LogP contribution in [0, 0.1) is 11.8 Å². The van der Waals surface area contributed by atoms with Crippen LogP contribution < -0.4 is 10.1 Å². The maximum absolute atomic E-state index is 13.7. The third-order valence-electron chi connectivity index (χ3n) is 6.14. The number of allylic oxidation sites excluding steroid dienone is 3. The Morgan fingerprint density at radius 3 is 2.62 bits per heavy atom. The molecule has 34 heavy (non-hydrogen) atoms. The summed E-state index contributed by atoms with van der Waals surface area (Å²) in [6.07, 6.45) is 0.488. The van der Waals surface area contributed by atoms with Crippen molar-refractivity contribution in [3.63, 3.8) is 0 Å². The van der Waals surface area contributed by atoms with E-state index in [9.17, 15) is 14.4 Å². The summed E-state index contributed by atoms with van der Waals surface area (Å²) in [6, 6.07) is 5.45. The molecule has 9 heteroatoms. The van der Waals surface area contributed by atoms with Gasteiger partial charge in [0.1, 0.15) is 18.3 Å². The van der Waals surface area contributed by atoms with E-state index in [1.807, 2.05) is 32.9 Å². The van der Waals surface area contributed by atoms with Crippen LogP contribution in [-0.2, 0) is 23.9 Å². The molecule has 1 aliphatic heterocycles. The molecule has 0 spiro atoms. The fourth-order valence-electron chi connectivity index (χ4n) is 4.56. The summed E-state index contributed by atoms with van der Waals surface area (Å²) in [7, 11) is 2.85. The minimum absolute atomic E-state index is 0.234. The number of rotatable bonds is 8. The largest absolute Gasteiger partial charge is 0.496 e. The highest BCUT2D eigenvalue weighted by atomic mass is 79.9. The lowest BCUT2D eigenvalue weighted by molar-refractivity contribution is -0.151. The Bertz CT molecular complexity index is 1050. The molecule has 1 heterocycles. The summed E-state index contributed by atoms with van der Waals surface area (Å²) in [6.45, 7) is 5.99. The number of methoxy groups -OCH3 is 2. The van der Waals surface area contributed by atoms with Gasteiger partial charge in [-0.2, -0.15) is 11.8 Å². The summed E-state index contributed by atoms with van der Waals surface area (Å²) in [5, 5.41) is 3.27. The number of hydrogen-bond acceptors (Lipinski definition) is 8. The first-order valence-corrected chi connectivity index (χ1v) is 13.1. The topological polar surface area (TPSA) is 90.9 Å². The van der Waals surface area contributed by atoms with Crippen LogP contribution in [0.2, 0.25) is 0 Å². The SMILES string of the molecule is CCSCCOC(=O)C1=C(C)NC2=C(C(=O)[C@H](C(=O)OC)[C@H](C)C2)[C@@H]1c1ccc(OC)c(Br)c1. The molecule has 0 fully saturated rings. The monoisotopic (exact) mass is 551 g/mol. The lowest BCUT2D eigenvalue weighted by Crippen LogP contribution is -2.43. The molecule has 3 rings (SSSR count). The van der Waals surface area contributed by atoms with Crippen LogP contribution in [0.1, 0.15) is 38.7 Å². The van der Waals surface area contributed by atoms with Gasteiger partial charge in [0.25, 0.3) is 0 Å². The second-order valence-corrected chi connectivity index (χ2v) is 10.5. The molecule has 1 aromatic rings. The minimum atomic E-state index is -0.925. The van der Waals surface area contributed by atoms with Crippen molar-refractivity contribution >= 4 is 45.4 Å². The van der Waals surface area contributed by atoms with Crippen molar-refractivity contribution in [3.8, 4) is 5.75 Å². The van der Waals surface area contributed by atoms with Gasteiger partial charge in [-0.1, -0.05) is 19.9 Å². The van der Waals surface area contributed by atoms with E-state index in [0.29, 0.717) is 39.2 Å². The van der Waals surface area contributed by atoms with Gasteiger partial charge >= 0.3 is 11.9 Å². The molecule has 0 saturated carbocycles. The van der Waals surface area contributed by atoms with E-state index in [4.69, 9.17) is 14.2 Å². The van der Waals surface area contributed by atoms with E-state index >= 15 is 0 Å². The van der Waals surface area contributed by atoms with Gasteiger partial charge in [0.15, 0.2) is 5.78 Å². The molecule has 0 bridgehead atoms. The molecule has 0 radical (unpaired) electrons. The quantitative estimate of drug-likeness (QED) is 0.289. The fourth-order valence-corrected chi connectivity index (χ4v) is 5.61. The Morgan fingerprint density at radius 2 is 2.00 bits per heavy atom. The van der Waals surface area contributed by atoms with Crippen molar-refractivity contribution in [3.05, 3.63) is 50.8 Å². The molecule has 184 valence electrons. The molecule has 2 aliphatic rings. The van der Waals surface area contributed by atoms with E-state index in [-0.39, 0.29) is 18.3 Å².